The van der Waals surface area contributed by atoms with Crippen molar-refractivity contribution in [2.45, 2.75) is 58.4 Å². The van der Waals surface area contributed by atoms with Gasteiger partial charge in [0.15, 0.2) is 0 Å². The van der Waals surface area contributed by atoms with Gasteiger partial charge in [-0.25, -0.2) is 4.79 Å². The molecular formula is C20H29N3O3. The summed E-state index contributed by atoms with van der Waals surface area (Å²) in [6.45, 7) is 10.3. The summed E-state index contributed by atoms with van der Waals surface area (Å²) in [6, 6.07) is 7.14. The van der Waals surface area contributed by atoms with Gasteiger partial charge in [-0.3, -0.25) is 14.5 Å². The summed E-state index contributed by atoms with van der Waals surface area (Å²) in [5.74, 6) is -0.731. The zero-order chi connectivity index (χ0) is 19.5. The Morgan fingerprint density at radius 2 is 1.81 bits per heavy atom. The van der Waals surface area contributed by atoms with Crippen LogP contribution in [0, 0.1) is 0 Å². The molecule has 0 bridgehead atoms. The first-order valence-corrected chi connectivity index (χ1v) is 9.11. The van der Waals surface area contributed by atoms with Crippen LogP contribution in [0.2, 0.25) is 0 Å². The summed E-state index contributed by atoms with van der Waals surface area (Å²) >= 11 is 0. The lowest BCUT2D eigenvalue weighted by Gasteiger charge is -2.24. The van der Waals surface area contributed by atoms with Gasteiger partial charge < -0.3 is 10.6 Å². The van der Waals surface area contributed by atoms with Crippen molar-refractivity contribution in [1.29, 1.82) is 0 Å². The number of carbonyl (C=O) groups is 3. The van der Waals surface area contributed by atoms with Crippen molar-refractivity contribution in [2.75, 3.05) is 13.1 Å². The van der Waals surface area contributed by atoms with E-state index in [0.717, 1.165) is 23.3 Å². The molecule has 0 radical (unpaired) electrons. The molecule has 1 aromatic carbocycles. The molecule has 142 valence electrons. The van der Waals surface area contributed by atoms with E-state index in [0.29, 0.717) is 12.1 Å². The van der Waals surface area contributed by atoms with Crippen molar-refractivity contribution in [3.05, 3.63) is 35.4 Å². The molecule has 1 aliphatic rings. The number of nitrogens with one attached hydrogen (secondary N) is 2. The molecule has 26 heavy (non-hydrogen) atoms. The average molecular weight is 359 g/mol. The summed E-state index contributed by atoms with van der Waals surface area (Å²) < 4.78 is 0. The predicted molar refractivity (Wildman–Crippen MR) is 101 cm³/mol. The smallest absolute Gasteiger partial charge is 0.325 e. The Balaban J connectivity index is 2.14. The fourth-order valence-electron chi connectivity index (χ4n) is 2.94. The molecule has 1 heterocycles. The second-order valence-electron chi connectivity index (χ2n) is 7.98. The molecule has 4 amide bonds. The lowest BCUT2D eigenvalue weighted by Crippen LogP contribution is -2.43. The van der Waals surface area contributed by atoms with Crippen LogP contribution in [0.4, 0.5) is 4.79 Å². The van der Waals surface area contributed by atoms with Crippen molar-refractivity contribution in [1.82, 2.24) is 15.5 Å². The maximum Gasteiger partial charge on any atom is 0.325 e. The SMILES string of the molecule is CCCCNC(=O)CN1C(=O)NC(C)(c2ccc(C(C)(C)C)cc2)C1=O. The van der Waals surface area contributed by atoms with E-state index in [2.05, 4.69) is 31.4 Å². The first-order valence-electron chi connectivity index (χ1n) is 9.11. The second-order valence-corrected chi connectivity index (χ2v) is 7.98. The average Bonchev–Trinajstić information content (AvgIpc) is 2.79. The Morgan fingerprint density at radius 1 is 1.19 bits per heavy atom. The van der Waals surface area contributed by atoms with Gasteiger partial charge in [-0.2, -0.15) is 0 Å². The van der Waals surface area contributed by atoms with Crippen molar-refractivity contribution in [2.24, 2.45) is 0 Å². The number of rotatable bonds is 6. The first kappa shape index (κ1) is 19.9. The van der Waals surface area contributed by atoms with E-state index in [4.69, 9.17) is 0 Å². The van der Waals surface area contributed by atoms with Crippen LogP contribution in [0.25, 0.3) is 0 Å². The van der Waals surface area contributed by atoms with Crippen molar-refractivity contribution in [3.63, 3.8) is 0 Å². The van der Waals surface area contributed by atoms with E-state index in [1.807, 2.05) is 31.2 Å². The van der Waals surface area contributed by atoms with Crippen molar-refractivity contribution in [3.8, 4) is 0 Å². The number of hydrogen-bond donors (Lipinski definition) is 2. The van der Waals surface area contributed by atoms with Gasteiger partial charge in [0.25, 0.3) is 5.91 Å². The standard InChI is InChI=1S/C20H29N3O3/c1-6-7-12-21-16(24)13-23-17(25)20(5,22-18(23)26)15-10-8-14(9-11-15)19(2,3)4/h8-11H,6-7,12-13H2,1-5H3,(H,21,24)(H,22,26). The molecule has 0 aromatic heterocycles. The van der Waals surface area contributed by atoms with Crippen LogP contribution < -0.4 is 10.6 Å². The van der Waals surface area contributed by atoms with Gasteiger partial charge >= 0.3 is 6.03 Å². The third kappa shape index (κ3) is 4.06. The van der Waals surface area contributed by atoms with Crippen molar-refractivity contribution < 1.29 is 14.4 Å². The fourth-order valence-corrected chi connectivity index (χ4v) is 2.94. The van der Waals surface area contributed by atoms with Crippen LogP contribution in [0.3, 0.4) is 0 Å². The van der Waals surface area contributed by atoms with Crippen molar-refractivity contribution >= 4 is 17.8 Å². The monoisotopic (exact) mass is 359 g/mol. The number of hydrogen-bond acceptors (Lipinski definition) is 3. The molecule has 0 saturated carbocycles. The molecule has 1 aliphatic heterocycles. The maximum absolute atomic E-state index is 12.8. The first-order chi connectivity index (χ1) is 12.1. The minimum absolute atomic E-state index is 0.00494. The molecule has 1 fully saturated rings. The molecule has 2 rings (SSSR count). The second kappa shape index (κ2) is 7.48. The van der Waals surface area contributed by atoms with Crippen LogP contribution in [0.5, 0.6) is 0 Å². The summed E-state index contributed by atoms with van der Waals surface area (Å²) in [4.78, 5) is 38.1. The highest BCUT2D eigenvalue weighted by Crippen LogP contribution is 2.30. The van der Waals surface area contributed by atoms with Gasteiger partial charge in [-0.1, -0.05) is 58.4 Å². The van der Waals surface area contributed by atoms with Gasteiger partial charge in [0, 0.05) is 6.54 Å². The zero-order valence-corrected chi connectivity index (χ0v) is 16.3. The number of imide groups is 1. The fraction of sp³-hybridized carbons (Fsp3) is 0.550. The van der Waals surface area contributed by atoms with Crippen LogP contribution in [0.1, 0.15) is 58.6 Å². The molecule has 0 spiro atoms. The summed E-state index contributed by atoms with van der Waals surface area (Å²) in [6.07, 6.45) is 1.83. The Hall–Kier alpha value is -2.37. The molecule has 1 aromatic rings. The highest BCUT2D eigenvalue weighted by Gasteiger charge is 2.49. The van der Waals surface area contributed by atoms with Gasteiger partial charge in [0.1, 0.15) is 12.1 Å². The molecule has 1 unspecified atom stereocenters. The number of amides is 4. The molecule has 0 aliphatic carbocycles. The van der Waals surface area contributed by atoms with E-state index >= 15 is 0 Å². The maximum atomic E-state index is 12.8. The highest BCUT2D eigenvalue weighted by atomic mass is 16.2. The minimum Gasteiger partial charge on any atom is -0.355 e. The number of nitrogens with zero attached hydrogens (tertiary/aromatic N) is 1. The van der Waals surface area contributed by atoms with E-state index < -0.39 is 17.5 Å². The number of carbonyl (C=O) groups excluding carboxylic acids is 3. The summed E-state index contributed by atoms with van der Waals surface area (Å²) in [5, 5.41) is 5.46. The highest BCUT2D eigenvalue weighted by molar-refractivity contribution is 6.09. The quantitative estimate of drug-likeness (QED) is 0.605. The van der Waals surface area contributed by atoms with E-state index in [-0.39, 0.29) is 17.9 Å². The lowest BCUT2D eigenvalue weighted by molar-refractivity contribution is -0.134. The lowest BCUT2D eigenvalue weighted by atomic mass is 9.84. The molecule has 1 saturated heterocycles. The molecule has 6 heteroatoms. The summed E-state index contributed by atoms with van der Waals surface area (Å²) in [5.41, 5.74) is 0.703. The number of urea groups is 1. The topological polar surface area (TPSA) is 78.5 Å². The number of benzene rings is 1. The van der Waals surface area contributed by atoms with Gasteiger partial charge in [-0.15, -0.1) is 0 Å². The number of unbranched alkanes of at least 4 members (excludes halogenated alkanes) is 1. The Morgan fingerprint density at radius 3 is 2.35 bits per heavy atom. The minimum atomic E-state index is -1.16. The van der Waals surface area contributed by atoms with E-state index in [1.165, 1.54) is 0 Å². The predicted octanol–water partition coefficient (Wildman–Crippen LogP) is 2.67. The third-order valence-corrected chi connectivity index (χ3v) is 4.76. The van der Waals surface area contributed by atoms with E-state index in [1.54, 1.807) is 6.92 Å². The van der Waals surface area contributed by atoms with E-state index in [9.17, 15) is 14.4 Å². The van der Waals surface area contributed by atoms with Gasteiger partial charge in [0.05, 0.1) is 0 Å². The van der Waals surface area contributed by atoms with Crippen LogP contribution in [-0.4, -0.2) is 35.8 Å². The molecule has 6 nitrogen and oxygen atoms in total. The molecular weight excluding hydrogens is 330 g/mol. The van der Waals surface area contributed by atoms with Crippen LogP contribution >= 0.6 is 0 Å². The van der Waals surface area contributed by atoms with Crippen LogP contribution in [0.15, 0.2) is 24.3 Å². The molecule has 2 N–H and O–H groups in total. The Bertz CT molecular complexity index is 691. The van der Waals surface area contributed by atoms with Gasteiger partial charge in [-0.05, 0) is 29.9 Å². The Kier molecular flexibility index (Phi) is 5.74. The normalized spacial score (nSPS) is 20.3. The van der Waals surface area contributed by atoms with Gasteiger partial charge in [0.2, 0.25) is 5.91 Å². The largest absolute Gasteiger partial charge is 0.355 e. The third-order valence-electron chi connectivity index (χ3n) is 4.76. The van der Waals surface area contributed by atoms with Crippen LogP contribution in [-0.2, 0) is 20.5 Å². The Labute approximate surface area is 155 Å². The molecule has 1 atom stereocenters. The zero-order valence-electron chi connectivity index (χ0n) is 16.3. The summed E-state index contributed by atoms with van der Waals surface area (Å²) in [7, 11) is 0.